The lowest BCUT2D eigenvalue weighted by Gasteiger charge is -2.09. The van der Waals surface area contributed by atoms with Gasteiger partial charge in [-0.1, -0.05) is 34.1 Å². The van der Waals surface area contributed by atoms with Gasteiger partial charge in [-0.2, -0.15) is 0 Å². The third-order valence-electron chi connectivity index (χ3n) is 2.47. The Bertz CT molecular complexity index is 508. The summed E-state index contributed by atoms with van der Waals surface area (Å²) in [6.45, 7) is 2.54. The van der Waals surface area contributed by atoms with Crippen LogP contribution >= 0.6 is 15.9 Å². The molecule has 3 heteroatoms. The van der Waals surface area contributed by atoms with Crippen LogP contribution in [0.2, 0.25) is 0 Å². The molecule has 17 heavy (non-hydrogen) atoms. The molecule has 0 heterocycles. The molecule has 2 aromatic rings. The number of nitrogen functional groups attached to an aromatic ring is 1. The Balaban J connectivity index is 2.04. The molecule has 2 rings (SSSR count). The molecule has 0 atom stereocenters. The van der Waals surface area contributed by atoms with Crippen molar-refractivity contribution in [3.63, 3.8) is 0 Å². The predicted octanol–water partition coefficient (Wildman–Crippen LogP) is 3.92. The monoisotopic (exact) mass is 291 g/mol. The van der Waals surface area contributed by atoms with Crippen LogP contribution in [0.4, 0.5) is 5.69 Å². The molecule has 0 saturated carbocycles. The Kier molecular flexibility index (Phi) is 3.69. The molecule has 2 aromatic carbocycles. The van der Waals surface area contributed by atoms with Crippen LogP contribution in [-0.2, 0) is 6.61 Å². The molecule has 0 saturated heterocycles. The fourth-order valence-corrected chi connectivity index (χ4v) is 1.81. The lowest BCUT2D eigenvalue weighted by Crippen LogP contribution is -1.98. The van der Waals surface area contributed by atoms with Gasteiger partial charge < -0.3 is 10.5 Å². The number of hydrogen-bond acceptors (Lipinski definition) is 2. The quantitative estimate of drug-likeness (QED) is 0.870. The lowest BCUT2D eigenvalue weighted by atomic mass is 10.2. The average Bonchev–Trinajstić information content (AvgIpc) is 2.30. The SMILES string of the molecule is Cc1ccc(OCc2ccc(Br)cc2)c(N)c1. The first-order chi connectivity index (χ1) is 8.15. The highest BCUT2D eigenvalue weighted by molar-refractivity contribution is 9.10. The van der Waals surface area contributed by atoms with Gasteiger partial charge >= 0.3 is 0 Å². The van der Waals surface area contributed by atoms with Gasteiger partial charge in [0.1, 0.15) is 12.4 Å². The van der Waals surface area contributed by atoms with Gasteiger partial charge in [0.15, 0.2) is 0 Å². The first kappa shape index (κ1) is 12.0. The lowest BCUT2D eigenvalue weighted by molar-refractivity contribution is 0.308. The molecule has 2 nitrogen and oxygen atoms in total. The average molecular weight is 292 g/mol. The number of nitrogens with two attached hydrogens (primary N) is 1. The smallest absolute Gasteiger partial charge is 0.142 e. The molecule has 0 unspecified atom stereocenters. The maximum absolute atomic E-state index is 5.88. The summed E-state index contributed by atoms with van der Waals surface area (Å²) in [5, 5.41) is 0. The molecule has 0 bridgehead atoms. The summed E-state index contributed by atoms with van der Waals surface area (Å²) < 4.78 is 6.74. The number of hydrogen-bond donors (Lipinski definition) is 1. The second-order valence-electron chi connectivity index (χ2n) is 3.96. The molecule has 0 aromatic heterocycles. The largest absolute Gasteiger partial charge is 0.487 e. The molecule has 0 fully saturated rings. The zero-order chi connectivity index (χ0) is 12.3. The number of halogens is 1. The van der Waals surface area contributed by atoms with Gasteiger partial charge in [0.05, 0.1) is 5.69 Å². The van der Waals surface area contributed by atoms with Crippen LogP contribution in [0.5, 0.6) is 5.75 Å². The van der Waals surface area contributed by atoms with Crippen molar-refractivity contribution in [1.29, 1.82) is 0 Å². The number of rotatable bonds is 3. The molecule has 0 aliphatic rings. The van der Waals surface area contributed by atoms with E-state index in [1.54, 1.807) is 0 Å². The fourth-order valence-electron chi connectivity index (χ4n) is 1.54. The Morgan fingerprint density at radius 3 is 2.47 bits per heavy atom. The van der Waals surface area contributed by atoms with Crippen LogP contribution in [0, 0.1) is 6.92 Å². The highest BCUT2D eigenvalue weighted by atomic mass is 79.9. The number of anilines is 1. The Morgan fingerprint density at radius 2 is 1.82 bits per heavy atom. The topological polar surface area (TPSA) is 35.2 Å². The van der Waals surface area contributed by atoms with Gasteiger partial charge in [-0.3, -0.25) is 0 Å². The predicted molar refractivity (Wildman–Crippen MR) is 74.1 cm³/mol. The van der Waals surface area contributed by atoms with E-state index < -0.39 is 0 Å². The van der Waals surface area contributed by atoms with Crippen molar-refractivity contribution in [2.24, 2.45) is 0 Å². The van der Waals surface area contributed by atoms with Gasteiger partial charge in [-0.25, -0.2) is 0 Å². The summed E-state index contributed by atoms with van der Waals surface area (Å²) in [4.78, 5) is 0. The van der Waals surface area contributed by atoms with Crippen molar-refractivity contribution in [2.75, 3.05) is 5.73 Å². The summed E-state index contributed by atoms with van der Waals surface area (Å²) >= 11 is 3.40. The maximum Gasteiger partial charge on any atom is 0.142 e. The number of ether oxygens (including phenoxy) is 1. The summed E-state index contributed by atoms with van der Waals surface area (Å²) in [7, 11) is 0. The van der Waals surface area contributed by atoms with Crippen molar-refractivity contribution in [3.05, 3.63) is 58.1 Å². The summed E-state index contributed by atoms with van der Waals surface area (Å²) in [5.41, 5.74) is 8.82. The molecule has 88 valence electrons. The second kappa shape index (κ2) is 5.23. The van der Waals surface area contributed by atoms with E-state index in [-0.39, 0.29) is 0 Å². The minimum absolute atomic E-state index is 0.528. The molecule has 0 aliphatic carbocycles. The zero-order valence-electron chi connectivity index (χ0n) is 9.61. The molecule has 2 N–H and O–H groups in total. The van der Waals surface area contributed by atoms with Gasteiger partial charge in [0, 0.05) is 4.47 Å². The van der Waals surface area contributed by atoms with Crippen LogP contribution in [0.1, 0.15) is 11.1 Å². The van der Waals surface area contributed by atoms with Gasteiger partial charge in [-0.15, -0.1) is 0 Å². The van der Waals surface area contributed by atoms with E-state index in [4.69, 9.17) is 10.5 Å². The molecule has 0 aliphatic heterocycles. The molecular weight excluding hydrogens is 278 g/mol. The van der Waals surface area contributed by atoms with Crippen LogP contribution in [-0.4, -0.2) is 0 Å². The van der Waals surface area contributed by atoms with Crippen LogP contribution in [0.25, 0.3) is 0 Å². The van der Waals surface area contributed by atoms with Crippen molar-refractivity contribution < 1.29 is 4.74 Å². The first-order valence-electron chi connectivity index (χ1n) is 5.38. The Labute approximate surface area is 110 Å². The Hall–Kier alpha value is -1.48. The highest BCUT2D eigenvalue weighted by Crippen LogP contribution is 2.23. The van der Waals surface area contributed by atoms with Gasteiger partial charge in [-0.05, 0) is 42.3 Å². The highest BCUT2D eigenvalue weighted by Gasteiger charge is 2.01. The maximum atomic E-state index is 5.88. The van der Waals surface area contributed by atoms with Gasteiger partial charge in [0.2, 0.25) is 0 Å². The molecule has 0 spiro atoms. The van der Waals surface area contributed by atoms with Crippen LogP contribution < -0.4 is 10.5 Å². The van der Waals surface area contributed by atoms with Crippen molar-refractivity contribution in [2.45, 2.75) is 13.5 Å². The molecular formula is C14H14BrNO. The molecule has 0 radical (unpaired) electrons. The van der Waals surface area contributed by atoms with Crippen LogP contribution in [0.15, 0.2) is 46.9 Å². The minimum atomic E-state index is 0.528. The Morgan fingerprint density at radius 1 is 1.12 bits per heavy atom. The van der Waals surface area contributed by atoms with E-state index in [1.807, 2.05) is 49.4 Å². The number of aryl methyl sites for hydroxylation is 1. The third kappa shape index (κ3) is 3.24. The summed E-state index contributed by atoms with van der Waals surface area (Å²) in [5.74, 6) is 0.735. The van der Waals surface area contributed by atoms with Crippen molar-refractivity contribution in [3.8, 4) is 5.75 Å². The van der Waals surface area contributed by atoms with E-state index >= 15 is 0 Å². The third-order valence-corrected chi connectivity index (χ3v) is 3.00. The fraction of sp³-hybridized carbons (Fsp3) is 0.143. The van der Waals surface area contributed by atoms with Crippen molar-refractivity contribution in [1.82, 2.24) is 0 Å². The van der Waals surface area contributed by atoms with E-state index in [1.165, 1.54) is 0 Å². The number of benzene rings is 2. The standard InChI is InChI=1S/C14H14BrNO/c1-10-2-7-14(13(16)8-10)17-9-11-3-5-12(15)6-4-11/h2-8H,9,16H2,1H3. The van der Waals surface area contributed by atoms with Crippen molar-refractivity contribution >= 4 is 21.6 Å². The van der Waals surface area contributed by atoms with Gasteiger partial charge in [0.25, 0.3) is 0 Å². The van der Waals surface area contributed by atoms with E-state index in [0.717, 1.165) is 21.3 Å². The summed E-state index contributed by atoms with van der Waals surface area (Å²) in [6, 6.07) is 13.9. The van der Waals surface area contributed by atoms with E-state index in [0.29, 0.717) is 12.3 Å². The van der Waals surface area contributed by atoms with E-state index in [2.05, 4.69) is 15.9 Å². The summed E-state index contributed by atoms with van der Waals surface area (Å²) in [6.07, 6.45) is 0. The second-order valence-corrected chi connectivity index (χ2v) is 4.87. The van der Waals surface area contributed by atoms with Crippen LogP contribution in [0.3, 0.4) is 0 Å². The van der Waals surface area contributed by atoms with E-state index in [9.17, 15) is 0 Å². The first-order valence-corrected chi connectivity index (χ1v) is 6.18. The normalized spacial score (nSPS) is 10.2. The molecule has 0 amide bonds. The minimum Gasteiger partial charge on any atom is -0.487 e. The zero-order valence-corrected chi connectivity index (χ0v) is 11.2.